The van der Waals surface area contributed by atoms with Crippen LogP contribution >= 0.6 is 22.9 Å². The molecule has 2 rings (SSSR count). The number of carbonyl (C=O) groups is 1. The molecule has 0 atom stereocenters. The van der Waals surface area contributed by atoms with Crippen molar-refractivity contribution < 1.29 is 18.3 Å². The lowest BCUT2D eigenvalue weighted by molar-refractivity contribution is 0.0695. The number of anilines is 1. The lowest BCUT2D eigenvalue weighted by Gasteiger charge is -2.08. The van der Waals surface area contributed by atoms with Gasteiger partial charge in [-0.25, -0.2) is 13.2 Å². The van der Waals surface area contributed by atoms with Crippen molar-refractivity contribution in [1.29, 1.82) is 0 Å². The molecule has 0 aliphatic heterocycles. The number of aromatic nitrogens is 2. The van der Waals surface area contributed by atoms with Gasteiger partial charge in [-0.05, 0) is 24.6 Å². The SMILES string of the molecule is Cc1c(Cl)cccc1S(=O)(=O)Nc1nnc(C(=O)O)s1. The molecule has 0 unspecified atom stereocenters. The first-order valence-electron chi connectivity index (χ1n) is 5.16. The normalized spacial score (nSPS) is 11.3. The molecule has 2 aromatic rings. The maximum absolute atomic E-state index is 12.2. The Balaban J connectivity index is 2.35. The number of hydrogen-bond acceptors (Lipinski definition) is 6. The van der Waals surface area contributed by atoms with E-state index in [1.807, 2.05) is 0 Å². The largest absolute Gasteiger partial charge is 0.476 e. The molecule has 0 aliphatic carbocycles. The van der Waals surface area contributed by atoms with E-state index in [9.17, 15) is 13.2 Å². The van der Waals surface area contributed by atoms with Gasteiger partial charge in [-0.1, -0.05) is 29.0 Å². The van der Waals surface area contributed by atoms with Gasteiger partial charge in [0.05, 0.1) is 4.90 Å². The van der Waals surface area contributed by atoms with Crippen molar-refractivity contribution in [3.05, 3.63) is 33.8 Å². The van der Waals surface area contributed by atoms with Crippen LogP contribution in [-0.4, -0.2) is 29.7 Å². The van der Waals surface area contributed by atoms with Crippen LogP contribution in [0.25, 0.3) is 0 Å². The first-order valence-corrected chi connectivity index (χ1v) is 7.84. The van der Waals surface area contributed by atoms with Gasteiger partial charge in [-0.15, -0.1) is 10.2 Å². The van der Waals surface area contributed by atoms with Gasteiger partial charge in [-0.3, -0.25) is 4.72 Å². The van der Waals surface area contributed by atoms with Crippen molar-refractivity contribution in [2.75, 3.05) is 4.72 Å². The predicted molar refractivity (Wildman–Crippen MR) is 73.9 cm³/mol. The van der Waals surface area contributed by atoms with Crippen molar-refractivity contribution in [2.45, 2.75) is 11.8 Å². The summed E-state index contributed by atoms with van der Waals surface area (Å²) in [6.45, 7) is 1.57. The number of carboxylic acid groups (broad SMARTS) is 1. The van der Waals surface area contributed by atoms with Gasteiger partial charge in [0.2, 0.25) is 10.1 Å². The highest BCUT2D eigenvalue weighted by Gasteiger charge is 2.21. The number of nitrogens with zero attached hydrogens (tertiary/aromatic N) is 2. The topological polar surface area (TPSA) is 109 Å². The number of benzene rings is 1. The molecule has 20 heavy (non-hydrogen) atoms. The molecule has 2 N–H and O–H groups in total. The molecule has 1 heterocycles. The molecule has 7 nitrogen and oxygen atoms in total. The van der Waals surface area contributed by atoms with Crippen LogP contribution in [0.2, 0.25) is 5.02 Å². The molecule has 1 aromatic carbocycles. The molecule has 1 aromatic heterocycles. The maximum atomic E-state index is 12.2. The molecule has 0 amide bonds. The molecule has 0 aliphatic rings. The third-order valence-electron chi connectivity index (χ3n) is 2.34. The fraction of sp³-hybridized carbons (Fsp3) is 0.100. The Morgan fingerprint density at radius 3 is 2.70 bits per heavy atom. The van der Waals surface area contributed by atoms with Gasteiger partial charge in [0.15, 0.2) is 0 Å². The minimum atomic E-state index is -3.90. The zero-order chi connectivity index (χ0) is 14.9. The Labute approximate surface area is 123 Å². The third kappa shape index (κ3) is 2.89. The van der Waals surface area contributed by atoms with E-state index in [1.54, 1.807) is 13.0 Å². The molecule has 0 fully saturated rings. The monoisotopic (exact) mass is 333 g/mol. The standard InChI is InChI=1S/C10H8ClN3O4S2/c1-5-6(11)3-2-4-7(5)20(17,18)14-10-13-12-8(19-10)9(15)16/h2-4H,1H3,(H,13,14)(H,15,16). The number of aromatic carboxylic acids is 1. The summed E-state index contributed by atoms with van der Waals surface area (Å²) >= 11 is 6.50. The maximum Gasteiger partial charge on any atom is 0.367 e. The predicted octanol–water partition coefficient (Wildman–Crippen LogP) is 2.00. The molecule has 0 radical (unpaired) electrons. The number of halogens is 1. The van der Waals surface area contributed by atoms with Crippen LogP contribution in [0.15, 0.2) is 23.1 Å². The molecular formula is C10H8ClN3O4S2. The molecule has 0 saturated carbocycles. The lowest BCUT2D eigenvalue weighted by Crippen LogP contribution is -2.14. The van der Waals surface area contributed by atoms with Crippen LogP contribution in [0.3, 0.4) is 0 Å². The van der Waals surface area contributed by atoms with Crippen LogP contribution in [0.1, 0.15) is 15.4 Å². The smallest absolute Gasteiger partial charge is 0.367 e. The summed E-state index contributed by atoms with van der Waals surface area (Å²) in [5.74, 6) is -1.27. The molecule has 0 saturated heterocycles. The van der Waals surface area contributed by atoms with Gasteiger partial charge >= 0.3 is 5.97 Å². The summed E-state index contributed by atoms with van der Waals surface area (Å²) in [6, 6.07) is 4.47. The fourth-order valence-corrected chi connectivity index (χ4v) is 3.71. The second-order valence-corrected chi connectivity index (χ2v) is 6.72. The molecule has 10 heteroatoms. The van der Waals surface area contributed by atoms with Crippen molar-refractivity contribution in [3.63, 3.8) is 0 Å². The minimum absolute atomic E-state index is 0.00271. The van der Waals surface area contributed by atoms with E-state index < -0.39 is 16.0 Å². The average molecular weight is 334 g/mol. The molecule has 0 spiro atoms. The van der Waals surface area contributed by atoms with Gasteiger partial charge in [-0.2, -0.15) is 0 Å². The molecule has 0 bridgehead atoms. The average Bonchev–Trinajstić information content (AvgIpc) is 2.80. The Morgan fingerprint density at radius 1 is 1.40 bits per heavy atom. The summed E-state index contributed by atoms with van der Waals surface area (Å²) in [5, 5.41) is 15.4. The number of hydrogen-bond donors (Lipinski definition) is 2. The number of carboxylic acids is 1. The van der Waals surface area contributed by atoms with Gasteiger partial charge in [0.25, 0.3) is 10.0 Å². The van der Waals surface area contributed by atoms with E-state index in [-0.39, 0.29) is 15.0 Å². The molecular weight excluding hydrogens is 326 g/mol. The Hall–Kier alpha value is -1.71. The quantitative estimate of drug-likeness (QED) is 0.885. The molecule has 106 valence electrons. The second-order valence-electron chi connectivity index (χ2n) is 3.69. The van der Waals surface area contributed by atoms with Crippen LogP contribution in [0, 0.1) is 6.92 Å². The van der Waals surface area contributed by atoms with E-state index in [0.717, 1.165) is 0 Å². The van der Waals surface area contributed by atoms with Crippen molar-refractivity contribution in [1.82, 2.24) is 10.2 Å². The van der Waals surface area contributed by atoms with E-state index in [4.69, 9.17) is 16.7 Å². The minimum Gasteiger partial charge on any atom is -0.476 e. The summed E-state index contributed by atoms with van der Waals surface area (Å²) in [6.07, 6.45) is 0. The van der Waals surface area contributed by atoms with Crippen molar-refractivity contribution >= 4 is 44.1 Å². The highest BCUT2D eigenvalue weighted by atomic mass is 35.5. The van der Waals surface area contributed by atoms with Gasteiger partial charge < -0.3 is 5.11 Å². The first kappa shape index (κ1) is 14.7. The van der Waals surface area contributed by atoms with Crippen molar-refractivity contribution in [2.24, 2.45) is 0 Å². The Kier molecular flexibility index (Phi) is 3.93. The fourth-order valence-electron chi connectivity index (χ4n) is 1.40. The van der Waals surface area contributed by atoms with E-state index in [0.29, 0.717) is 21.9 Å². The van der Waals surface area contributed by atoms with Crippen molar-refractivity contribution in [3.8, 4) is 0 Å². The summed E-state index contributed by atoms with van der Waals surface area (Å²) < 4.78 is 26.5. The van der Waals surface area contributed by atoms with Gasteiger partial charge in [0, 0.05) is 5.02 Å². The van der Waals surface area contributed by atoms with E-state index >= 15 is 0 Å². The number of sulfonamides is 1. The van der Waals surface area contributed by atoms with Crippen LogP contribution in [0.4, 0.5) is 5.13 Å². The number of nitrogens with one attached hydrogen (secondary N) is 1. The zero-order valence-corrected chi connectivity index (χ0v) is 12.4. The Bertz CT molecular complexity index is 773. The summed E-state index contributed by atoms with van der Waals surface area (Å²) in [4.78, 5) is 10.7. The number of rotatable bonds is 4. The van der Waals surface area contributed by atoms with Crippen LogP contribution in [0.5, 0.6) is 0 Å². The highest BCUT2D eigenvalue weighted by molar-refractivity contribution is 7.93. The first-order chi connectivity index (χ1) is 9.31. The summed E-state index contributed by atoms with van der Waals surface area (Å²) in [7, 11) is -3.90. The second kappa shape index (κ2) is 5.35. The Morgan fingerprint density at radius 2 is 2.10 bits per heavy atom. The van der Waals surface area contributed by atoms with Crippen LogP contribution in [-0.2, 0) is 10.0 Å². The van der Waals surface area contributed by atoms with Gasteiger partial charge in [0.1, 0.15) is 0 Å². The lowest BCUT2D eigenvalue weighted by atomic mass is 10.2. The van der Waals surface area contributed by atoms with E-state index in [1.165, 1.54) is 12.1 Å². The highest BCUT2D eigenvalue weighted by Crippen LogP contribution is 2.25. The zero-order valence-electron chi connectivity index (χ0n) is 9.99. The van der Waals surface area contributed by atoms with Crippen LogP contribution < -0.4 is 4.72 Å². The van der Waals surface area contributed by atoms with E-state index in [2.05, 4.69) is 14.9 Å². The summed E-state index contributed by atoms with van der Waals surface area (Å²) in [5.41, 5.74) is 0.393. The third-order valence-corrected chi connectivity index (χ3v) is 5.19.